The van der Waals surface area contributed by atoms with Gasteiger partial charge in [-0.1, -0.05) is 61.1 Å². The minimum absolute atomic E-state index is 0.173. The quantitative estimate of drug-likeness (QED) is 0.899. The van der Waals surface area contributed by atoms with Gasteiger partial charge in [0, 0.05) is 6.54 Å². The van der Waals surface area contributed by atoms with E-state index in [9.17, 15) is 8.42 Å². The number of nitrogens with one attached hydrogen (secondary N) is 1. The standard InChI is InChI=1S/C14H17ClN2O2S2/c1-9(2)12-6-4-11(5-7-12)8-16-21(18,19)13-10(3)17-14(15)20-13/h4-7,9,16H,8H2,1-3H3. The molecule has 1 aromatic carbocycles. The monoisotopic (exact) mass is 344 g/mol. The van der Waals surface area contributed by atoms with Gasteiger partial charge in [0.05, 0.1) is 5.69 Å². The Bertz CT molecular complexity index is 722. The van der Waals surface area contributed by atoms with Crippen molar-refractivity contribution in [1.82, 2.24) is 9.71 Å². The highest BCUT2D eigenvalue weighted by Crippen LogP contribution is 2.26. The van der Waals surface area contributed by atoms with Gasteiger partial charge in [0.2, 0.25) is 0 Å². The lowest BCUT2D eigenvalue weighted by molar-refractivity contribution is 0.582. The van der Waals surface area contributed by atoms with E-state index in [1.54, 1.807) is 6.92 Å². The van der Waals surface area contributed by atoms with E-state index in [1.165, 1.54) is 5.56 Å². The zero-order valence-corrected chi connectivity index (χ0v) is 14.4. The van der Waals surface area contributed by atoms with Crippen molar-refractivity contribution in [1.29, 1.82) is 0 Å². The maximum absolute atomic E-state index is 12.2. The molecule has 0 saturated heterocycles. The lowest BCUT2D eigenvalue weighted by atomic mass is 10.0. The number of aryl methyl sites for hydroxylation is 1. The number of halogens is 1. The van der Waals surface area contributed by atoms with Crippen LogP contribution in [0.5, 0.6) is 0 Å². The average molecular weight is 345 g/mol. The Morgan fingerprint density at radius 1 is 1.29 bits per heavy atom. The number of benzene rings is 1. The average Bonchev–Trinajstić information content (AvgIpc) is 2.77. The molecule has 4 nitrogen and oxygen atoms in total. The van der Waals surface area contributed by atoms with Crippen LogP contribution in [0.25, 0.3) is 0 Å². The van der Waals surface area contributed by atoms with Gasteiger partial charge in [0.15, 0.2) is 8.68 Å². The Labute approximate surface area is 134 Å². The van der Waals surface area contributed by atoms with Crippen LogP contribution in [0.3, 0.4) is 0 Å². The molecule has 1 N–H and O–H groups in total. The molecule has 1 aromatic heterocycles. The molecule has 114 valence electrons. The van der Waals surface area contributed by atoms with Gasteiger partial charge >= 0.3 is 0 Å². The summed E-state index contributed by atoms with van der Waals surface area (Å²) in [5.74, 6) is 0.456. The molecule has 21 heavy (non-hydrogen) atoms. The third-order valence-electron chi connectivity index (χ3n) is 3.08. The number of hydrogen-bond donors (Lipinski definition) is 1. The predicted molar refractivity (Wildman–Crippen MR) is 86.4 cm³/mol. The highest BCUT2D eigenvalue weighted by Gasteiger charge is 2.21. The van der Waals surface area contributed by atoms with E-state index >= 15 is 0 Å². The first-order chi connectivity index (χ1) is 9.79. The van der Waals surface area contributed by atoms with Crippen LogP contribution < -0.4 is 4.72 Å². The first-order valence-corrected chi connectivity index (χ1v) is 9.19. The maximum atomic E-state index is 12.2. The van der Waals surface area contributed by atoms with Crippen molar-refractivity contribution < 1.29 is 8.42 Å². The fourth-order valence-electron chi connectivity index (χ4n) is 1.86. The number of aromatic nitrogens is 1. The summed E-state index contributed by atoms with van der Waals surface area (Å²) in [6.45, 7) is 6.12. The number of nitrogens with zero attached hydrogens (tertiary/aromatic N) is 1. The van der Waals surface area contributed by atoms with Gasteiger partial charge in [0.1, 0.15) is 0 Å². The van der Waals surface area contributed by atoms with Crippen LogP contribution >= 0.6 is 22.9 Å². The molecule has 0 aliphatic heterocycles. The molecule has 1 heterocycles. The van der Waals surface area contributed by atoms with E-state index < -0.39 is 10.0 Å². The smallest absolute Gasteiger partial charge is 0.229 e. The van der Waals surface area contributed by atoms with Gasteiger partial charge in [0.25, 0.3) is 10.0 Å². The van der Waals surface area contributed by atoms with E-state index in [2.05, 4.69) is 23.6 Å². The number of rotatable bonds is 5. The molecule has 0 bridgehead atoms. The Hall–Kier alpha value is -0.950. The lowest BCUT2D eigenvalue weighted by Gasteiger charge is -2.08. The number of thiazole rings is 1. The molecule has 0 spiro atoms. The molecule has 0 aliphatic rings. The maximum Gasteiger partial charge on any atom is 0.252 e. The molecule has 0 fully saturated rings. The third-order valence-corrected chi connectivity index (χ3v) is 6.36. The first-order valence-electron chi connectivity index (χ1n) is 6.51. The van der Waals surface area contributed by atoms with Crippen molar-refractivity contribution in [2.24, 2.45) is 0 Å². The normalized spacial score (nSPS) is 12.0. The van der Waals surface area contributed by atoms with Crippen LogP contribution in [0.1, 0.15) is 36.6 Å². The second-order valence-corrected chi connectivity index (χ2v) is 8.60. The summed E-state index contributed by atoms with van der Waals surface area (Å²) in [6.07, 6.45) is 0. The Balaban J connectivity index is 2.10. The molecule has 0 unspecified atom stereocenters. The Morgan fingerprint density at radius 2 is 1.90 bits per heavy atom. The zero-order valence-electron chi connectivity index (χ0n) is 12.1. The summed E-state index contributed by atoms with van der Waals surface area (Å²) < 4.78 is 27.4. The molecular weight excluding hydrogens is 328 g/mol. The summed E-state index contributed by atoms with van der Waals surface area (Å²) in [6, 6.07) is 7.90. The van der Waals surface area contributed by atoms with Crippen molar-refractivity contribution in [2.45, 2.75) is 37.4 Å². The fourth-order valence-corrected chi connectivity index (χ4v) is 4.66. The third kappa shape index (κ3) is 4.03. The molecule has 2 rings (SSSR count). The van der Waals surface area contributed by atoms with E-state index in [1.807, 2.05) is 24.3 Å². The van der Waals surface area contributed by atoms with E-state index in [-0.39, 0.29) is 15.2 Å². The van der Waals surface area contributed by atoms with Crippen LogP contribution in [0.15, 0.2) is 28.5 Å². The molecule has 0 saturated carbocycles. The molecule has 0 amide bonds. The Morgan fingerprint density at radius 3 is 2.38 bits per heavy atom. The Kier molecular flexibility index (Phi) is 5.03. The van der Waals surface area contributed by atoms with Gasteiger partial charge < -0.3 is 0 Å². The molecule has 0 aliphatic carbocycles. The predicted octanol–water partition coefficient (Wildman–Crippen LogP) is 3.71. The highest BCUT2D eigenvalue weighted by molar-refractivity contribution is 7.91. The van der Waals surface area contributed by atoms with Gasteiger partial charge in [-0.15, -0.1) is 0 Å². The summed E-state index contributed by atoms with van der Waals surface area (Å²) in [4.78, 5) is 3.93. The number of sulfonamides is 1. The van der Waals surface area contributed by atoms with Crippen LogP contribution in [-0.4, -0.2) is 13.4 Å². The van der Waals surface area contributed by atoms with E-state index in [0.717, 1.165) is 16.9 Å². The van der Waals surface area contributed by atoms with Gasteiger partial charge in [-0.25, -0.2) is 18.1 Å². The van der Waals surface area contributed by atoms with Crippen molar-refractivity contribution in [3.05, 3.63) is 45.6 Å². The topological polar surface area (TPSA) is 59.1 Å². The minimum Gasteiger partial charge on any atom is -0.229 e. The molecule has 2 aromatic rings. The van der Waals surface area contributed by atoms with Gasteiger partial charge in [-0.3, -0.25) is 0 Å². The first kappa shape index (κ1) is 16.4. The van der Waals surface area contributed by atoms with Crippen molar-refractivity contribution in [2.75, 3.05) is 0 Å². The highest BCUT2D eigenvalue weighted by atomic mass is 35.5. The van der Waals surface area contributed by atoms with Crippen molar-refractivity contribution in [3.8, 4) is 0 Å². The van der Waals surface area contributed by atoms with E-state index in [4.69, 9.17) is 11.6 Å². The molecule has 0 radical (unpaired) electrons. The lowest BCUT2D eigenvalue weighted by Crippen LogP contribution is -2.23. The minimum atomic E-state index is -3.57. The summed E-state index contributed by atoms with van der Waals surface area (Å²) in [5.41, 5.74) is 2.57. The van der Waals surface area contributed by atoms with Crippen molar-refractivity contribution in [3.63, 3.8) is 0 Å². The van der Waals surface area contributed by atoms with Crippen LogP contribution in [-0.2, 0) is 16.6 Å². The SMILES string of the molecule is Cc1nc(Cl)sc1S(=O)(=O)NCc1ccc(C(C)C)cc1. The molecule has 0 atom stereocenters. The second kappa shape index (κ2) is 6.44. The molecule has 7 heteroatoms. The van der Waals surface area contributed by atoms with Crippen LogP contribution in [0.4, 0.5) is 0 Å². The van der Waals surface area contributed by atoms with E-state index in [0.29, 0.717) is 11.6 Å². The van der Waals surface area contributed by atoms with Crippen LogP contribution in [0, 0.1) is 6.92 Å². The fraction of sp³-hybridized carbons (Fsp3) is 0.357. The van der Waals surface area contributed by atoms with Crippen LogP contribution in [0.2, 0.25) is 4.47 Å². The largest absolute Gasteiger partial charge is 0.252 e. The summed E-state index contributed by atoms with van der Waals surface area (Å²) >= 11 is 6.72. The molecular formula is C14H17ClN2O2S2. The van der Waals surface area contributed by atoms with Crippen molar-refractivity contribution >= 4 is 33.0 Å². The summed E-state index contributed by atoms with van der Waals surface area (Å²) in [5, 5.41) is 0. The van der Waals surface area contributed by atoms with Gasteiger partial charge in [-0.05, 0) is 24.0 Å². The zero-order chi connectivity index (χ0) is 15.6. The number of hydrogen-bond acceptors (Lipinski definition) is 4. The van der Waals surface area contributed by atoms with Gasteiger partial charge in [-0.2, -0.15) is 0 Å². The second-order valence-electron chi connectivity index (χ2n) is 5.06. The summed E-state index contributed by atoms with van der Waals surface area (Å²) in [7, 11) is -3.57.